The molecule has 3 rings (SSSR count). The fourth-order valence-electron chi connectivity index (χ4n) is 3.67. The minimum atomic E-state index is -0.467. The maximum absolute atomic E-state index is 13.9. The SMILES string of the molecule is C=C/C=C(\C=C/C)c1nnc([C@@H]2CCCN2C(=O)C[C@H](N)Cc2ccccc2F)o1.O=CO. The Morgan fingerprint density at radius 2 is 2.15 bits per heavy atom. The van der Waals surface area contributed by atoms with Gasteiger partial charge >= 0.3 is 0 Å². The lowest BCUT2D eigenvalue weighted by molar-refractivity contribution is -0.133. The van der Waals surface area contributed by atoms with Crippen LogP contribution in [0.15, 0.2) is 59.6 Å². The fraction of sp³-hybridized carbons (Fsp3) is 0.333. The number of aromatic nitrogens is 2. The summed E-state index contributed by atoms with van der Waals surface area (Å²) in [5.74, 6) is 0.412. The summed E-state index contributed by atoms with van der Waals surface area (Å²) < 4.78 is 19.7. The van der Waals surface area contributed by atoms with Crippen LogP contribution in [-0.2, 0) is 16.0 Å². The highest BCUT2D eigenvalue weighted by atomic mass is 19.1. The maximum Gasteiger partial charge on any atom is 0.290 e. The molecule has 1 aliphatic rings. The fourth-order valence-corrected chi connectivity index (χ4v) is 3.67. The summed E-state index contributed by atoms with van der Waals surface area (Å²) in [6, 6.07) is 5.75. The molecule has 33 heavy (non-hydrogen) atoms. The normalized spacial score (nSPS) is 16.9. The topological polar surface area (TPSA) is 123 Å². The van der Waals surface area contributed by atoms with Gasteiger partial charge in [-0.05, 0) is 37.8 Å². The van der Waals surface area contributed by atoms with Gasteiger partial charge in [-0.15, -0.1) is 10.2 Å². The highest BCUT2D eigenvalue weighted by Gasteiger charge is 2.34. The van der Waals surface area contributed by atoms with Crippen LogP contribution in [-0.4, -0.2) is 45.2 Å². The standard InChI is InChI=1S/C23H27FN4O2.CH2O2/c1-3-8-16(9-4-2)22-26-27-23(30-22)20-12-7-13-28(20)21(29)15-18(25)14-17-10-5-6-11-19(17)24;2-1-3/h3-6,8-11,18,20H,1,7,12-15,25H2,2H3;1H,(H,2,3)/b9-4-,16-8+;/t18-,20+;/m1./s1. The number of nitrogens with two attached hydrogens (primary N) is 1. The molecule has 8 nitrogen and oxygen atoms in total. The van der Waals surface area contributed by atoms with Gasteiger partial charge in [0.05, 0.1) is 0 Å². The van der Waals surface area contributed by atoms with Gasteiger partial charge in [0.2, 0.25) is 17.7 Å². The summed E-state index contributed by atoms with van der Waals surface area (Å²) in [7, 11) is 0. The van der Waals surface area contributed by atoms with E-state index in [9.17, 15) is 9.18 Å². The number of benzene rings is 1. The van der Waals surface area contributed by atoms with E-state index in [0.717, 1.165) is 18.4 Å². The van der Waals surface area contributed by atoms with Gasteiger partial charge in [0, 0.05) is 24.6 Å². The summed E-state index contributed by atoms with van der Waals surface area (Å²) in [5, 5.41) is 15.2. The van der Waals surface area contributed by atoms with E-state index in [-0.39, 0.29) is 30.7 Å². The Labute approximate surface area is 192 Å². The number of carbonyl (C=O) groups excluding carboxylic acids is 1. The summed E-state index contributed by atoms with van der Waals surface area (Å²) >= 11 is 0. The molecule has 2 aromatic rings. The molecular weight excluding hydrogens is 427 g/mol. The highest BCUT2D eigenvalue weighted by Crippen LogP contribution is 2.32. The lowest BCUT2D eigenvalue weighted by Crippen LogP contribution is -2.36. The Hall–Kier alpha value is -3.59. The summed E-state index contributed by atoms with van der Waals surface area (Å²) in [6.07, 6.45) is 9.21. The van der Waals surface area contributed by atoms with Gasteiger partial charge in [0.25, 0.3) is 6.47 Å². The van der Waals surface area contributed by atoms with Gasteiger partial charge in [-0.25, -0.2) is 4.39 Å². The van der Waals surface area contributed by atoms with Crippen molar-refractivity contribution in [3.8, 4) is 0 Å². The predicted molar refractivity (Wildman–Crippen MR) is 122 cm³/mol. The van der Waals surface area contributed by atoms with Crippen LogP contribution in [0.3, 0.4) is 0 Å². The van der Waals surface area contributed by atoms with Crippen molar-refractivity contribution in [2.24, 2.45) is 5.73 Å². The largest absolute Gasteiger partial charge is 0.483 e. The van der Waals surface area contributed by atoms with E-state index in [1.54, 1.807) is 35.3 Å². The first-order valence-corrected chi connectivity index (χ1v) is 10.6. The molecule has 1 saturated heterocycles. The molecule has 1 aromatic carbocycles. The molecule has 2 heterocycles. The van der Waals surface area contributed by atoms with Crippen molar-refractivity contribution in [3.05, 3.63) is 78.3 Å². The van der Waals surface area contributed by atoms with E-state index < -0.39 is 6.04 Å². The Bertz CT molecular complexity index is 1000. The minimum absolute atomic E-state index is 0.0867. The molecule has 3 N–H and O–H groups in total. The first-order valence-electron chi connectivity index (χ1n) is 10.6. The lowest BCUT2D eigenvalue weighted by Gasteiger charge is -2.23. The van der Waals surface area contributed by atoms with E-state index >= 15 is 0 Å². The molecular formula is C24H29FN4O4. The number of nitrogens with zero attached hydrogens (tertiary/aromatic N) is 3. The molecule has 1 aliphatic heterocycles. The molecule has 0 radical (unpaired) electrons. The quantitative estimate of drug-likeness (QED) is 0.459. The first kappa shape index (κ1) is 25.7. The molecule has 176 valence electrons. The summed E-state index contributed by atoms with van der Waals surface area (Å²) in [5.41, 5.74) is 7.42. The molecule has 0 saturated carbocycles. The monoisotopic (exact) mass is 456 g/mol. The summed E-state index contributed by atoms with van der Waals surface area (Å²) in [4.78, 5) is 23.0. The van der Waals surface area contributed by atoms with Crippen LogP contribution in [0.1, 0.15) is 49.6 Å². The van der Waals surface area contributed by atoms with Gasteiger partial charge in [-0.1, -0.05) is 49.1 Å². The molecule has 2 atom stereocenters. The molecule has 0 aliphatic carbocycles. The van der Waals surface area contributed by atoms with Crippen molar-refractivity contribution in [1.29, 1.82) is 0 Å². The molecule has 1 aromatic heterocycles. The number of carbonyl (C=O) groups is 2. The molecule has 0 unspecified atom stereocenters. The zero-order valence-electron chi connectivity index (χ0n) is 18.6. The van der Waals surface area contributed by atoms with E-state index in [4.69, 9.17) is 20.1 Å². The van der Waals surface area contributed by atoms with Gasteiger partial charge in [0.15, 0.2) is 0 Å². The van der Waals surface area contributed by atoms with Gasteiger partial charge in [-0.2, -0.15) is 0 Å². The van der Waals surface area contributed by atoms with E-state index in [0.29, 0.717) is 30.3 Å². The number of carboxylic acid groups (broad SMARTS) is 1. The third-order valence-electron chi connectivity index (χ3n) is 5.07. The molecule has 1 fully saturated rings. The second-order valence-electron chi connectivity index (χ2n) is 7.41. The number of halogens is 1. The van der Waals surface area contributed by atoms with Crippen molar-refractivity contribution in [2.75, 3.05) is 6.54 Å². The van der Waals surface area contributed by atoms with E-state index in [2.05, 4.69) is 16.8 Å². The number of hydrogen-bond donors (Lipinski definition) is 2. The van der Waals surface area contributed by atoms with Crippen molar-refractivity contribution in [1.82, 2.24) is 15.1 Å². The Kier molecular flexibility index (Phi) is 10.2. The molecule has 9 heteroatoms. The number of amides is 1. The number of hydrogen-bond acceptors (Lipinski definition) is 6. The van der Waals surface area contributed by atoms with Gasteiger partial charge < -0.3 is 20.2 Å². The second kappa shape index (κ2) is 13.1. The lowest BCUT2D eigenvalue weighted by atomic mass is 10.0. The van der Waals surface area contributed by atoms with Crippen molar-refractivity contribution < 1.29 is 23.5 Å². The minimum Gasteiger partial charge on any atom is -0.483 e. The smallest absolute Gasteiger partial charge is 0.290 e. The van der Waals surface area contributed by atoms with Crippen LogP contribution in [0.25, 0.3) is 5.57 Å². The van der Waals surface area contributed by atoms with E-state index in [1.165, 1.54) is 6.07 Å². The average Bonchev–Trinajstić information content (AvgIpc) is 3.45. The third kappa shape index (κ3) is 7.21. The van der Waals surface area contributed by atoms with Crippen molar-refractivity contribution >= 4 is 18.0 Å². The van der Waals surface area contributed by atoms with Crippen molar-refractivity contribution in [2.45, 2.75) is 44.7 Å². The number of allylic oxidation sites excluding steroid dienone is 5. The Morgan fingerprint density at radius 1 is 1.42 bits per heavy atom. The van der Waals surface area contributed by atoms with Crippen LogP contribution in [0.4, 0.5) is 4.39 Å². The molecule has 0 spiro atoms. The first-order chi connectivity index (χ1) is 15.9. The maximum atomic E-state index is 13.9. The van der Waals surface area contributed by atoms with Crippen LogP contribution in [0.5, 0.6) is 0 Å². The molecule has 0 bridgehead atoms. The second-order valence-corrected chi connectivity index (χ2v) is 7.41. The summed E-state index contributed by atoms with van der Waals surface area (Å²) in [6.45, 7) is 5.96. The van der Waals surface area contributed by atoms with E-state index in [1.807, 2.05) is 19.1 Å². The van der Waals surface area contributed by atoms with Crippen LogP contribution >= 0.6 is 0 Å². The van der Waals surface area contributed by atoms with Crippen LogP contribution < -0.4 is 5.73 Å². The zero-order chi connectivity index (χ0) is 24.2. The van der Waals surface area contributed by atoms with Gasteiger partial charge in [-0.3, -0.25) is 9.59 Å². The zero-order valence-corrected chi connectivity index (χ0v) is 18.6. The molecule has 1 amide bonds. The van der Waals surface area contributed by atoms with Gasteiger partial charge in [0.1, 0.15) is 11.9 Å². The highest BCUT2D eigenvalue weighted by molar-refractivity contribution is 5.77. The third-order valence-corrected chi connectivity index (χ3v) is 5.07. The Morgan fingerprint density at radius 3 is 2.82 bits per heavy atom. The van der Waals surface area contributed by atoms with Crippen LogP contribution in [0, 0.1) is 5.82 Å². The number of likely N-dealkylation sites (tertiary alicyclic amines) is 1. The van der Waals surface area contributed by atoms with Crippen molar-refractivity contribution in [3.63, 3.8) is 0 Å². The average molecular weight is 457 g/mol. The number of rotatable bonds is 8. The van der Waals surface area contributed by atoms with Crippen LogP contribution in [0.2, 0.25) is 0 Å². The predicted octanol–water partition coefficient (Wildman–Crippen LogP) is 3.68. The Balaban J connectivity index is 0.00000122.